The van der Waals surface area contributed by atoms with Gasteiger partial charge in [0.15, 0.2) is 11.4 Å². The Morgan fingerprint density at radius 1 is 1.14 bits per heavy atom. The summed E-state index contributed by atoms with van der Waals surface area (Å²) in [6.45, 7) is 1.96. The van der Waals surface area contributed by atoms with E-state index >= 15 is 0 Å². The molecular weight excluding hydrogens is 466 g/mol. The number of nitrogens with one attached hydrogen (secondary N) is 2. The maximum Gasteiger partial charge on any atom is 0.311 e. The van der Waals surface area contributed by atoms with E-state index in [0.717, 1.165) is 5.56 Å². The highest BCUT2D eigenvalue weighted by molar-refractivity contribution is 6.08. The second-order valence-electron chi connectivity index (χ2n) is 8.00. The normalized spacial score (nSPS) is 10.6. The van der Waals surface area contributed by atoms with Crippen LogP contribution in [-0.2, 0) is 20.2 Å². The molecule has 0 unspecified atom stereocenters. The highest BCUT2D eigenvalue weighted by Gasteiger charge is 2.19. The Labute approximate surface area is 205 Å². The van der Waals surface area contributed by atoms with Gasteiger partial charge in [-0.25, -0.2) is 0 Å². The summed E-state index contributed by atoms with van der Waals surface area (Å²) in [5.74, 6) is -0.198. The molecular formula is C25H23N5O6. The quantitative estimate of drug-likeness (QED) is 0.267. The van der Waals surface area contributed by atoms with Crippen molar-refractivity contribution >= 4 is 23.2 Å². The Kier molecular flexibility index (Phi) is 7.10. The molecule has 4 rings (SSSR count). The number of carbonyl (C=O) groups is 2. The molecule has 11 heteroatoms. The molecule has 0 atom stereocenters. The van der Waals surface area contributed by atoms with E-state index in [1.54, 1.807) is 62.5 Å². The Morgan fingerprint density at radius 3 is 2.72 bits per heavy atom. The van der Waals surface area contributed by atoms with Crippen molar-refractivity contribution in [3.05, 3.63) is 105 Å². The minimum atomic E-state index is -0.498. The number of carbonyl (C=O) groups excluding carboxylic acids is 2. The SMILES string of the molecule is Cc1ccc(OCc2cccc(C(=O)Nc3cn(C)nc3C(=O)NCc3ccco3)c2)c([N+](=O)[O-])c1. The molecule has 2 heterocycles. The average molecular weight is 489 g/mol. The van der Waals surface area contributed by atoms with E-state index < -0.39 is 16.7 Å². The van der Waals surface area contributed by atoms with Crippen LogP contribution in [0.1, 0.15) is 37.7 Å². The number of aromatic nitrogens is 2. The van der Waals surface area contributed by atoms with E-state index in [4.69, 9.17) is 9.15 Å². The second-order valence-corrected chi connectivity index (χ2v) is 8.00. The second kappa shape index (κ2) is 10.6. The van der Waals surface area contributed by atoms with E-state index in [2.05, 4.69) is 15.7 Å². The number of aryl methyl sites for hydroxylation is 2. The maximum atomic E-state index is 12.9. The van der Waals surface area contributed by atoms with Gasteiger partial charge in [0.05, 0.1) is 23.4 Å². The lowest BCUT2D eigenvalue weighted by Gasteiger charge is -2.09. The highest BCUT2D eigenvalue weighted by Crippen LogP contribution is 2.28. The van der Waals surface area contributed by atoms with Crippen LogP contribution in [0.15, 0.2) is 71.5 Å². The summed E-state index contributed by atoms with van der Waals surface area (Å²) in [6.07, 6.45) is 3.04. The molecule has 2 aromatic heterocycles. The molecule has 0 saturated carbocycles. The number of nitrogens with zero attached hydrogens (tertiary/aromatic N) is 3. The predicted octanol–water partition coefficient (Wildman–Crippen LogP) is 3.99. The van der Waals surface area contributed by atoms with Crippen LogP contribution in [0.3, 0.4) is 0 Å². The van der Waals surface area contributed by atoms with Crippen molar-refractivity contribution in [2.45, 2.75) is 20.1 Å². The van der Waals surface area contributed by atoms with Crippen LogP contribution in [0.2, 0.25) is 0 Å². The number of amides is 2. The van der Waals surface area contributed by atoms with E-state index in [0.29, 0.717) is 16.9 Å². The average Bonchev–Trinajstić information content (AvgIpc) is 3.51. The van der Waals surface area contributed by atoms with Crippen LogP contribution in [0.25, 0.3) is 0 Å². The smallest absolute Gasteiger partial charge is 0.311 e. The van der Waals surface area contributed by atoms with Gasteiger partial charge >= 0.3 is 5.69 Å². The molecule has 0 radical (unpaired) electrons. The van der Waals surface area contributed by atoms with Crippen LogP contribution in [0.4, 0.5) is 11.4 Å². The fourth-order valence-corrected chi connectivity index (χ4v) is 3.46. The minimum Gasteiger partial charge on any atom is -0.482 e. The number of hydrogen-bond donors (Lipinski definition) is 2. The van der Waals surface area contributed by atoms with E-state index in [9.17, 15) is 19.7 Å². The van der Waals surface area contributed by atoms with Gasteiger partial charge in [0, 0.05) is 24.9 Å². The number of rotatable bonds is 9. The first-order chi connectivity index (χ1) is 17.3. The lowest BCUT2D eigenvalue weighted by atomic mass is 10.1. The van der Waals surface area contributed by atoms with E-state index in [1.165, 1.54) is 23.2 Å². The Morgan fingerprint density at radius 2 is 1.97 bits per heavy atom. The van der Waals surface area contributed by atoms with Gasteiger partial charge in [0.25, 0.3) is 11.8 Å². The Hall–Kier alpha value is -4.93. The van der Waals surface area contributed by atoms with Crippen LogP contribution >= 0.6 is 0 Å². The first kappa shape index (κ1) is 24.2. The number of anilines is 1. The summed E-state index contributed by atoms with van der Waals surface area (Å²) < 4.78 is 12.3. The third kappa shape index (κ3) is 5.76. The summed E-state index contributed by atoms with van der Waals surface area (Å²) in [7, 11) is 1.64. The van der Waals surface area contributed by atoms with Gasteiger partial charge < -0.3 is 19.8 Å². The van der Waals surface area contributed by atoms with Crippen LogP contribution in [0.5, 0.6) is 5.75 Å². The summed E-state index contributed by atoms with van der Waals surface area (Å²) >= 11 is 0. The molecule has 0 aliphatic carbocycles. The summed E-state index contributed by atoms with van der Waals surface area (Å²) in [6, 6.07) is 14.8. The number of nitro groups is 1. The fraction of sp³-hybridized carbons (Fsp3) is 0.160. The fourth-order valence-electron chi connectivity index (χ4n) is 3.46. The highest BCUT2D eigenvalue weighted by atomic mass is 16.6. The van der Waals surface area contributed by atoms with Gasteiger partial charge in [-0.3, -0.25) is 24.4 Å². The molecule has 184 valence electrons. The molecule has 0 spiro atoms. The lowest BCUT2D eigenvalue weighted by molar-refractivity contribution is -0.386. The van der Waals surface area contributed by atoms with Crippen molar-refractivity contribution in [2.75, 3.05) is 5.32 Å². The van der Waals surface area contributed by atoms with Gasteiger partial charge in [-0.15, -0.1) is 0 Å². The predicted molar refractivity (Wildman–Crippen MR) is 130 cm³/mol. The van der Waals surface area contributed by atoms with Gasteiger partial charge in [0.1, 0.15) is 12.4 Å². The maximum absolute atomic E-state index is 12.9. The Balaban J connectivity index is 1.44. The van der Waals surface area contributed by atoms with Crippen molar-refractivity contribution in [1.29, 1.82) is 0 Å². The molecule has 2 amide bonds. The van der Waals surface area contributed by atoms with Crippen molar-refractivity contribution in [3.8, 4) is 5.75 Å². The van der Waals surface area contributed by atoms with Crippen molar-refractivity contribution in [3.63, 3.8) is 0 Å². The van der Waals surface area contributed by atoms with Crippen molar-refractivity contribution < 1.29 is 23.7 Å². The van der Waals surface area contributed by atoms with Crippen LogP contribution < -0.4 is 15.4 Å². The molecule has 36 heavy (non-hydrogen) atoms. The number of ether oxygens (including phenoxy) is 1. The molecule has 0 bridgehead atoms. The summed E-state index contributed by atoms with van der Waals surface area (Å²) in [5.41, 5.74) is 1.89. The zero-order valence-electron chi connectivity index (χ0n) is 19.6. The molecule has 0 saturated heterocycles. The molecule has 11 nitrogen and oxygen atoms in total. The summed E-state index contributed by atoms with van der Waals surface area (Å²) in [5, 5.41) is 20.9. The summed E-state index contributed by atoms with van der Waals surface area (Å²) in [4.78, 5) is 36.4. The largest absolute Gasteiger partial charge is 0.482 e. The third-order valence-corrected chi connectivity index (χ3v) is 5.19. The van der Waals surface area contributed by atoms with E-state index in [1.807, 2.05) is 0 Å². The molecule has 2 N–H and O–H groups in total. The first-order valence-electron chi connectivity index (χ1n) is 10.9. The monoisotopic (exact) mass is 489 g/mol. The van der Waals surface area contributed by atoms with Crippen LogP contribution in [0, 0.1) is 17.0 Å². The molecule has 0 aliphatic rings. The van der Waals surface area contributed by atoms with Crippen molar-refractivity contribution in [1.82, 2.24) is 15.1 Å². The number of furan rings is 1. The zero-order chi connectivity index (χ0) is 25.7. The van der Waals surface area contributed by atoms with Gasteiger partial charge in [-0.1, -0.05) is 18.2 Å². The van der Waals surface area contributed by atoms with Gasteiger partial charge in [0.2, 0.25) is 0 Å². The molecule has 2 aromatic carbocycles. The molecule has 4 aromatic rings. The first-order valence-corrected chi connectivity index (χ1v) is 10.9. The Bertz CT molecular complexity index is 1410. The topological polar surface area (TPSA) is 142 Å². The van der Waals surface area contributed by atoms with Crippen LogP contribution in [-0.4, -0.2) is 26.5 Å². The third-order valence-electron chi connectivity index (χ3n) is 5.19. The minimum absolute atomic E-state index is 0.0261. The molecule has 0 aliphatic heterocycles. The van der Waals surface area contributed by atoms with E-state index in [-0.39, 0.29) is 36.0 Å². The zero-order valence-corrected chi connectivity index (χ0v) is 19.6. The number of nitro benzene ring substituents is 1. The molecule has 0 fully saturated rings. The van der Waals surface area contributed by atoms with Gasteiger partial charge in [-0.05, 0) is 48.4 Å². The van der Waals surface area contributed by atoms with Crippen molar-refractivity contribution in [2.24, 2.45) is 7.05 Å². The van der Waals surface area contributed by atoms with Gasteiger partial charge in [-0.2, -0.15) is 5.10 Å². The lowest BCUT2D eigenvalue weighted by Crippen LogP contribution is -2.25. The number of benzene rings is 2. The standard InChI is InChI=1S/C25H23N5O6/c1-16-8-9-22(21(11-16)30(33)34)36-15-17-5-3-6-18(12-17)24(31)27-20-14-29(2)28-23(20)25(32)26-13-19-7-4-10-35-19/h3-12,14H,13,15H2,1-2H3,(H,26,32)(H,27,31). The number of hydrogen-bond acceptors (Lipinski definition) is 7.